The zero-order valence-electron chi connectivity index (χ0n) is 16.0. The quantitative estimate of drug-likeness (QED) is 0.718. The number of rotatable bonds is 7. The minimum Gasteiger partial charge on any atom is -0.481 e. The van der Waals surface area contributed by atoms with Crippen LogP contribution in [-0.2, 0) is 22.4 Å². The van der Waals surface area contributed by atoms with Crippen LogP contribution >= 0.6 is 0 Å². The van der Waals surface area contributed by atoms with Crippen molar-refractivity contribution in [2.24, 2.45) is 0 Å². The fourth-order valence-corrected chi connectivity index (χ4v) is 3.49. The molecule has 144 valence electrons. The third kappa shape index (κ3) is 4.73. The van der Waals surface area contributed by atoms with Gasteiger partial charge >= 0.3 is 11.9 Å². The number of carbonyl (C=O) groups is 2. The molecule has 4 nitrogen and oxygen atoms in total. The van der Waals surface area contributed by atoms with E-state index in [-0.39, 0.29) is 24.7 Å². The standard InChI is InChI=1S/C22H25FO4/c1-12(2)16-9-17(13(3)4)19(11-21(26)27)22(18(16)10-20(24)25)14-5-7-15(23)8-6-14/h5-9,12-13H,10-11H2,1-4H3,(H,24,25)(H,26,27). The minimum absolute atomic E-state index is 0.0647. The Balaban J connectivity index is 2.96. The van der Waals surface area contributed by atoms with Crippen molar-refractivity contribution in [1.82, 2.24) is 0 Å². The van der Waals surface area contributed by atoms with Gasteiger partial charge in [-0.15, -0.1) is 0 Å². The molecule has 0 bridgehead atoms. The van der Waals surface area contributed by atoms with Gasteiger partial charge in [0.2, 0.25) is 0 Å². The fourth-order valence-electron chi connectivity index (χ4n) is 3.49. The van der Waals surface area contributed by atoms with Crippen LogP contribution in [0.4, 0.5) is 4.39 Å². The van der Waals surface area contributed by atoms with E-state index < -0.39 is 17.8 Å². The molecule has 0 aliphatic heterocycles. The van der Waals surface area contributed by atoms with E-state index >= 15 is 0 Å². The lowest BCUT2D eigenvalue weighted by Gasteiger charge is -2.25. The van der Waals surface area contributed by atoms with Gasteiger partial charge in [-0.2, -0.15) is 0 Å². The molecule has 27 heavy (non-hydrogen) atoms. The van der Waals surface area contributed by atoms with Crippen molar-refractivity contribution in [3.05, 3.63) is 58.4 Å². The highest BCUT2D eigenvalue weighted by Gasteiger charge is 2.24. The lowest BCUT2D eigenvalue weighted by Crippen LogP contribution is -2.14. The van der Waals surface area contributed by atoms with Crippen LogP contribution in [0.3, 0.4) is 0 Å². The van der Waals surface area contributed by atoms with E-state index in [0.29, 0.717) is 22.3 Å². The van der Waals surface area contributed by atoms with E-state index in [1.54, 1.807) is 12.1 Å². The van der Waals surface area contributed by atoms with Gasteiger partial charge in [0.15, 0.2) is 0 Å². The molecule has 2 aromatic rings. The van der Waals surface area contributed by atoms with Gasteiger partial charge in [-0.3, -0.25) is 9.59 Å². The Labute approximate surface area is 158 Å². The molecule has 0 saturated heterocycles. The molecule has 0 fully saturated rings. The summed E-state index contributed by atoms with van der Waals surface area (Å²) in [5.41, 5.74) is 4.21. The number of hydrogen-bond donors (Lipinski definition) is 2. The minimum atomic E-state index is -0.987. The molecule has 2 N–H and O–H groups in total. The Morgan fingerprint density at radius 3 is 1.59 bits per heavy atom. The number of hydrogen-bond acceptors (Lipinski definition) is 2. The molecule has 0 aromatic heterocycles. The van der Waals surface area contributed by atoms with Crippen LogP contribution in [0.5, 0.6) is 0 Å². The van der Waals surface area contributed by atoms with Gasteiger partial charge in [0.1, 0.15) is 5.82 Å². The first kappa shape index (κ1) is 20.6. The number of carboxylic acid groups (broad SMARTS) is 2. The lowest BCUT2D eigenvalue weighted by atomic mass is 9.79. The zero-order chi connectivity index (χ0) is 20.3. The third-order valence-corrected chi connectivity index (χ3v) is 4.64. The highest BCUT2D eigenvalue weighted by molar-refractivity contribution is 5.84. The molecule has 5 heteroatoms. The third-order valence-electron chi connectivity index (χ3n) is 4.64. The summed E-state index contributed by atoms with van der Waals surface area (Å²) in [4.78, 5) is 23.1. The average molecular weight is 372 g/mol. The maximum Gasteiger partial charge on any atom is 0.307 e. The molecule has 0 saturated carbocycles. The van der Waals surface area contributed by atoms with Crippen molar-refractivity contribution in [3.8, 4) is 11.1 Å². The number of halogens is 1. The predicted molar refractivity (Wildman–Crippen MR) is 103 cm³/mol. The smallest absolute Gasteiger partial charge is 0.307 e. The van der Waals surface area contributed by atoms with Crippen molar-refractivity contribution in [3.63, 3.8) is 0 Å². The van der Waals surface area contributed by atoms with Gasteiger partial charge in [-0.1, -0.05) is 45.9 Å². The van der Waals surface area contributed by atoms with E-state index in [2.05, 4.69) is 0 Å². The summed E-state index contributed by atoms with van der Waals surface area (Å²) in [5, 5.41) is 18.9. The Morgan fingerprint density at radius 2 is 1.26 bits per heavy atom. The Bertz CT molecular complexity index is 805. The van der Waals surface area contributed by atoms with Gasteiger partial charge < -0.3 is 10.2 Å². The fraction of sp³-hybridized carbons (Fsp3) is 0.364. The molecule has 0 heterocycles. The largest absolute Gasteiger partial charge is 0.481 e. The maximum atomic E-state index is 13.5. The molecule has 0 radical (unpaired) electrons. The van der Waals surface area contributed by atoms with E-state index in [1.165, 1.54) is 12.1 Å². The van der Waals surface area contributed by atoms with Gasteiger partial charge in [0, 0.05) is 0 Å². The summed E-state index contributed by atoms with van der Waals surface area (Å²) < 4.78 is 13.5. The van der Waals surface area contributed by atoms with Crippen molar-refractivity contribution in [2.45, 2.75) is 52.4 Å². The van der Waals surface area contributed by atoms with Crippen molar-refractivity contribution in [2.75, 3.05) is 0 Å². The first-order valence-corrected chi connectivity index (χ1v) is 8.99. The monoisotopic (exact) mass is 372 g/mol. The van der Waals surface area contributed by atoms with Crippen LogP contribution in [0.25, 0.3) is 11.1 Å². The Hall–Kier alpha value is -2.69. The van der Waals surface area contributed by atoms with Gasteiger partial charge in [-0.05, 0) is 57.3 Å². The highest BCUT2D eigenvalue weighted by Crippen LogP contribution is 2.39. The number of aliphatic carboxylic acids is 2. The summed E-state index contributed by atoms with van der Waals surface area (Å²) in [6.45, 7) is 7.93. The number of carboxylic acids is 2. The second kappa shape index (κ2) is 8.33. The normalized spacial score (nSPS) is 11.2. The second-order valence-electron chi connectivity index (χ2n) is 7.34. The van der Waals surface area contributed by atoms with Crippen LogP contribution in [0.1, 0.15) is 61.8 Å². The van der Waals surface area contributed by atoms with Gasteiger partial charge in [0.25, 0.3) is 0 Å². The Kier molecular flexibility index (Phi) is 6.37. The summed E-state index contributed by atoms with van der Waals surface area (Å²) in [6.07, 6.45) is -0.434. The van der Waals surface area contributed by atoms with Crippen molar-refractivity contribution < 1.29 is 24.2 Å². The molecule has 0 spiro atoms. The Morgan fingerprint density at radius 1 is 0.852 bits per heavy atom. The predicted octanol–water partition coefficient (Wildman–Crippen LogP) is 4.99. The van der Waals surface area contributed by atoms with E-state index in [0.717, 1.165) is 11.1 Å². The molecule has 0 amide bonds. The van der Waals surface area contributed by atoms with Crippen LogP contribution < -0.4 is 0 Å². The molecule has 2 aromatic carbocycles. The van der Waals surface area contributed by atoms with Crippen LogP contribution in [-0.4, -0.2) is 22.2 Å². The van der Waals surface area contributed by atoms with E-state index in [4.69, 9.17) is 0 Å². The maximum absolute atomic E-state index is 13.5. The van der Waals surface area contributed by atoms with Crippen LogP contribution in [0.2, 0.25) is 0 Å². The topological polar surface area (TPSA) is 74.6 Å². The van der Waals surface area contributed by atoms with E-state index in [1.807, 2.05) is 33.8 Å². The van der Waals surface area contributed by atoms with Crippen LogP contribution in [0, 0.1) is 5.82 Å². The molecule has 2 rings (SSSR count). The van der Waals surface area contributed by atoms with Crippen molar-refractivity contribution in [1.29, 1.82) is 0 Å². The molecule has 0 aliphatic carbocycles. The molecular formula is C22H25FO4. The zero-order valence-corrected chi connectivity index (χ0v) is 16.0. The SMILES string of the molecule is CC(C)c1cc(C(C)C)c(CC(=O)O)c(-c2ccc(F)cc2)c1CC(=O)O. The van der Waals surface area contributed by atoms with E-state index in [9.17, 15) is 24.2 Å². The second-order valence-corrected chi connectivity index (χ2v) is 7.34. The molecular weight excluding hydrogens is 347 g/mol. The molecule has 0 aliphatic rings. The van der Waals surface area contributed by atoms with Gasteiger partial charge in [-0.25, -0.2) is 4.39 Å². The van der Waals surface area contributed by atoms with Gasteiger partial charge in [0.05, 0.1) is 12.8 Å². The average Bonchev–Trinajstić information content (AvgIpc) is 2.54. The summed E-state index contributed by atoms with van der Waals surface area (Å²) in [6, 6.07) is 7.72. The summed E-state index contributed by atoms with van der Waals surface area (Å²) in [7, 11) is 0. The summed E-state index contributed by atoms with van der Waals surface area (Å²) >= 11 is 0. The first-order valence-electron chi connectivity index (χ1n) is 8.99. The van der Waals surface area contributed by atoms with Crippen LogP contribution in [0.15, 0.2) is 30.3 Å². The first-order chi connectivity index (χ1) is 12.6. The van der Waals surface area contributed by atoms with Crippen molar-refractivity contribution >= 4 is 11.9 Å². The molecule has 0 atom stereocenters. The summed E-state index contributed by atoms with van der Waals surface area (Å²) in [5.74, 6) is -2.25. The number of benzene rings is 2. The lowest BCUT2D eigenvalue weighted by molar-refractivity contribution is -0.137. The highest BCUT2D eigenvalue weighted by atomic mass is 19.1. The molecule has 0 unspecified atom stereocenters.